The zero-order valence-corrected chi connectivity index (χ0v) is 11.4. The Balaban J connectivity index is 1.90. The van der Waals surface area contributed by atoms with Crippen molar-refractivity contribution in [2.24, 2.45) is 0 Å². The second-order valence-corrected chi connectivity index (χ2v) is 5.94. The Labute approximate surface area is 113 Å². The van der Waals surface area contributed by atoms with Gasteiger partial charge in [-0.05, 0) is 37.8 Å². The minimum Gasteiger partial charge on any atom is -0.336 e. The largest absolute Gasteiger partial charge is 0.336 e. The second kappa shape index (κ2) is 4.31. The molecule has 3 rings (SSSR count). The molecule has 3 nitrogen and oxygen atoms in total. The van der Waals surface area contributed by atoms with E-state index < -0.39 is 6.04 Å². The number of rotatable bonds is 1. The number of carbonyl (C=O) groups is 1. The zero-order chi connectivity index (χ0) is 12.8. The summed E-state index contributed by atoms with van der Waals surface area (Å²) in [4.78, 5) is 12.0. The molecular formula is C13H14BrFN2O. The van der Waals surface area contributed by atoms with E-state index >= 15 is 0 Å². The first-order chi connectivity index (χ1) is 8.60. The molecule has 0 bridgehead atoms. The summed E-state index contributed by atoms with van der Waals surface area (Å²) in [7, 11) is 0. The van der Waals surface area contributed by atoms with Crippen LogP contribution in [0.4, 0.5) is 4.39 Å². The highest BCUT2D eigenvalue weighted by molar-refractivity contribution is 9.10. The Morgan fingerprint density at radius 3 is 2.72 bits per heavy atom. The number of hydrogen-bond acceptors (Lipinski definition) is 2. The van der Waals surface area contributed by atoms with Crippen molar-refractivity contribution >= 4 is 21.8 Å². The molecule has 1 atom stereocenters. The standard InChI is InChI=1S/C13H14BrFN2O/c14-8-3-4-9(10(15)7-8)11-12(18)17-13(16-11)5-1-2-6-13/h3-4,7,11,16H,1-2,5-6H2,(H,17,18). The molecule has 2 fully saturated rings. The van der Waals surface area contributed by atoms with Crippen LogP contribution >= 0.6 is 15.9 Å². The van der Waals surface area contributed by atoms with Crippen molar-refractivity contribution in [3.8, 4) is 0 Å². The molecule has 1 aromatic rings. The van der Waals surface area contributed by atoms with Crippen LogP contribution in [0.2, 0.25) is 0 Å². The third-order valence-corrected chi connectivity index (χ3v) is 4.27. The van der Waals surface area contributed by atoms with Crippen LogP contribution in [0.1, 0.15) is 37.3 Å². The molecule has 1 amide bonds. The summed E-state index contributed by atoms with van der Waals surface area (Å²) in [5.74, 6) is -0.481. The van der Waals surface area contributed by atoms with E-state index in [4.69, 9.17) is 0 Å². The van der Waals surface area contributed by atoms with Gasteiger partial charge in [-0.25, -0.2) is 4.39 Å². The Hall–Kier alpha value is -0.940. The molecule has 1 spiro atoms. The summed E-state index contributed by atoms with van der Waals surface area (Å²) < 4.78 is 14.6. The second-order valence-electron chi connectivity index (χ2n) is 5.02. The third-order valence-electron chi connectivity index (χ3n) is 3.78. The van der Waals surface area contributed by atoms with Gasteiger partial charge in [-0.1, -0.05) is 22.0 Å². The Kier molecular flexibility index (Phi) is 2.90. The van der Waals surface area contributed by atoms with Crippen molar-refractivity contribution in [1.82, 2.24) is 10.6 Å². The van der Waals surface area contributed by atoms with Gasteiger partial charge in [0, 0.05) is 10.0 Å². The van der Waals surface area contributed by atoms with Gasteiger partial charge in [0.05, 0.1) is 5.66 Å². The highest BCUT2D eigenvalue weighted by Crippen LogP contribution is 2.35. The van der Waals surface area contributed by atoms with Crippen LogP contribution < -0.4 is 10.6 Å². The van der Waals surface area contributed by atoms with Gasteiger partial charge in [0.15, 0.2) is 0 Å². The van der Waals surface area contributed by atoms with Crippen molar-refractivity contribution in [2.45, 2.75) is 37.4 Å². The molecule has 0 radical (unpaired) electrons. The first kappa shape index (κ1) is 12.1. The van der Waals surface area contributed by atoms with E-state index in [9.17, 15) is 9.18 Å². The third kappa shape index (κ3) is 1.95. The fraction of sp³-hybridized carbons (Fsp3) is 0.462. The van der Waals surface area contributed by atoms with E-state index in [-0.39, 0.29) is 17.4 Å². The molecule has 1 saturated carbocycles. The summed E-state index contributed by atoms with van der Waals surface area (Å²) in [5, 5.41) is 6.27. The molecule has 1 heterocycles. The predicted octanol–water partition coefficient (Wildman–Crippen LogP) is 2.62. The molecule has 0 aromatic heterocycles. The first-order valence-electron chi connectivity index (χ1n) is 6.14. The average molecular weight is 313 g/mol. The highest BCUT2D eigenvalue weighted by Gasteiger charge is 2.46. The number of halogens is 2. The lowest BCUT2D eigenvalue weighted by Crippen LogP contribution is -2.46. The Bertz CT molecular complexity index is 500. The molecule has 5 heteroatoms. The normalized spacial score (nSPS) is 25.7. The minimum atomic E-state index is -0.573. The van der Waals surface area contributed by atoms with Crippen molar-refractivity contribution in [2.75, 3.05) is 0 Å². The van der Waals surface area contributed by atoms with Gasteiger partial charge >= 0.3 is 0 Å². The van der Waals surface area contributed by atoms with Crippen LogP contribution in [0.3, 0.4) is 0 Å². The molecule has 18 heavy (non-hydrogen) atoms. The van der Waals surface area contributed by atoms with E-state index in [0.29, 0.717) is 10.0 Å². The SMILES string of the molecule is O=C1NC2(CCCC2)NC1c1ccc(Br)cc1F. The van der Waals surface area contributed by atoms with Crippen molar-refractivity contribution in [3.05, 3.63) is 34.1 Å². The number of nitrogens with one attached hydrogen (secondary N) is 2. The average Bonchev–Trinajstić information content (AvgIpc) is 2.87. The van der Waals surface area contributed by atoms with Gasteiger partial charge in [0.25, 0.3) is 0 Å². The van der Waals surface area contributed by atoms with Crippen LogP contribution in [-0.4, -0.2) is 11.6 Å². The summed E-state index contributed by atoms with van der Waals surface area (Å²) in [5.41, 5.74) is 0.112. The molecule has 2 N–H and O–H groups in total. The predicted molar refractivity (Wildman–Crippen MR) is 69.3 cm³/mol. The van der Waals surface area contributed by atoms with Gasteiger partial charge in [-0.2, -0.15) is 0 Å². The monoisotopic (exact) mass is 312 g/mol. The number of carbonyl (C=O) groups excluding carboxylic acids is 1. The van der Waals surface area contributed by atoms with Crippen LogP contribution in [0, 0.1) is 5.82 Å². The minimum absolute atomic E-state index is 0.127. The topological polar surface area (TPSA) is 41.1 Å². The molecule has 1 aromatic carbocycles. The smallest absolute Gasteiger partial charge is 0.243 e. The summed E-state index contributed by atoms with van der Waals surface area (Å²) >= 11 is 3.22. The molecule has 2 aliphatic rings. The van der Waals surface area contributed by atoms with Gasteiger partial charge in [0.1, 0.15) is 11.9 Å². The van der Waals surface area contributed by atoms with E-state index in [1.54, 1.807) is 12.1 Å². The molecule has 1 unspecified atom stereocenters. The van der Waals surface area contributed by atoms with Crippen LogP contribution in [0.5, 0.6) is 0 Å². The van der Waals surface area contributed by atoms with E-state index in [2.05, 4.69) is 26.6 Å². The molecule has 1 aliphatic carbocycles. The first-order valence-corrected chi connectivity index (χ1v) is 6.94. The van der Waals surface area contributed by atoms with Crippen LogP contribution in [0.15, 0.2) is 22.7 Å². The lowest BCUT2D eigenvalue weighted by molar-refractivity contribution is -0.121. The van der Waals surface area contributed by atoms with E-state index in [1.807, 2.05) is 0 Å². The van der Waals surface area contributed by atoms with Gasteiger partial charge in [-0.3, -0.25) is 10.1 Å². The molecular weight excluding hydrogens is 299 g/mol. The molecule has 1 saturated heterocycles. The summed E-state index contributed by atoms with van der Waals surface area (Å²) in [6.07, 6.45) is 4.05. The maximum absolute atomic E-state index is 13.9. The van der Waals surface area contributed by atoms with Gasteiger partial charge in [-0.15, -0.1) is 0 Å². The molecule has 1 aliphatic heterocycles. The lowest BCUT2D eigenvalue weighted by Gasteiger charge is -2.23. The number of hydrogen-bond donors (Lipinski definition) is 2. The fourth-order valence-corrected chi connectivity index (χ4v) is 3.22. The quantitative estimate of drug-likeness (QED) is 0.837. The van der Waals surface area contributed by atoms with Crippen molar-refractivity contribution in [3.63, 3.8) is 0 Å². The zero-order valence-electron chi connectivity index (χ0n) is 9.80. The number of amides is 1. The van der Waals surface area contributed by atoms with Crippen molar-refractivity contribution in [1.29, 1.82) is 0 Å². The lowest BCUT2D eigenvalue weighted by atomic mass is 10.1. The van der Waals surface area contributed by atoms with Crippen LogP contribution in [-0.2, 0) is 4.79 Å². The fourth-order valence-electron chi connectivity index (χ4n) is 2.89. The maximum Gasteiger partial charge on any atom is 0.243 e. The van der Waals surface area contributed by atoms with Crippen molar-refractivity contribution < 1.29 is 9.18 Å². The van der Waals surface area contributed by atoms with Gasteiger partial charge < -0.3 is 5.32 Å². The van der Waals surface area contributed by atoms with E-state index in [0.717, 1.165) is 25.7 Å². The van der Waals surface area contributed by atoms with Crippen LogP contribution in [0.25, 0.3) is 0 Å². The summed E-state index contributed by atoms with van der Waals surface area (Å²) in [6, 6.07) is 4.23. The van der Waals surface area contributed by atoms with Gasteiger partial charge in [0.2, 0.25) is 5.91 Å². The molecule has 96 valence electrons. The van der Waals surface area contributed by atoms with E-state index in [1.165, 1.54) is 6.07 Å². The number of benzene rings is 1. The Morgan fingerprint density at radius 2 is 2.06 bits per heavy atom. The maximum atomic E-state index is 13.9. The highest BCUT2D eigenvalue weighted by atomic mass is 79.9. The Morgan fingerprint density at radius 1 is 1.33 bits per heavy atom. The summed E-state index contributed by atoms with van der Waals surface area (Å²) in [6.45, 7) is 0.